The van der Waals surface area contributed by atoms with Crippen LogP contribution < -0.4 is 16.0 Å². The summed E-state index contributed by atoms with van der Waals surface area (Å²) in [5.41, 5.74) is 7.57. The van der Waals surface area contributed by atoms with Gasteiger partial charge in [0.05, 0.1) is 22.7 Å². The van der Waals surface area contributed by atoms with Crippen LogP contribution in [0.2, 0.25) is 0 Å². The Kier molecular flexibility index (Phi) is 4.51. The molecule has 1 heterocycles. The average Bonchev–Trinajstić information content (AvgIpc) is 2.92. The molecule has 2 unspecified atom stereocenters. The van der Waals surface area contributed by atoms with Crippen LogP contribution in [0.5, 0.6) is 0 Å². The highest BCUT2D eigenvalue weighted by molar-refractivity contribution is 6.34. The van der Waals surface area contributed by atoms with Crippen molar-refractivity contribution < 1.29 is 14.4 Å². The van der Waals surface area contributed by atoms with E-state index in [4.69, 9.17) is 5.73 Å². The smallest absolute Gasteiger partial charge is 0.266 e. The predicted molar refractivity (Wildman–Crippen MR) is 107 cm³/mol. The fraction of sp³-hybridized carbons (Fsp3) is 0.318. The van der Waals surface area contributed by atoms with E-state index in [9.17, 15) is 14.4 Å². The molecule has 0 spiro atoms. The Hall–Kier alpha value is -2.99. The molecule has 0 saturated heterocycles. The summed E-state index contributed by atoms with van der Waals surface area (Å²) < 4.78 is 0. The zero-order valence-electron chi connectivity index (χ0n) is 15.8. The minimum absolute atomic E-state index is 0.121. The fourth-order valence-corrected chi connectivity index (χ4v) is 4.16. The van der Waals surface area contributed by atoms with Crippen molar-refractivity contribution in [2.45, 2.75) is 38.1 Å². The molecule has 2 aromatic rings. The monoisotopic (exact) mass is 377 g/mol. The van der Waals surface area contributed by atoms with E-state index < -0.39 is 5.54 Å². The van der Waals surface area contributed by atoms with Crippen molar-refractivity contribution in [2.75, 3.05) is 10.2 Å². The molecule has 28 heavy (non-hydrogen) atoms. The number of rotatable bonds is 3. The summed E-state index contributed by atoms with van der Waals surface area (Å²) in [4.78, 5) is 39.3. The number of carbonyl (C=O) groups is 3. The van der Waals surface area contributed by atoms with Gasteiger partial charge in [-0.15, -0.1) is 0 Å². The zero-order chi connectivity index (χ0) is 19.9. The number of nitrogens with zero attached hydrogens (tertiary/aromatic N) is 1. The summed E-state index contributed by atoms with van der Waals surface area (Å²) in [6.45, 7) is 1.92. The van der Waals surface area contributed by atoms with Gasteiger partial charge in [0.2, 0.25) is 5.91 Å². The molecule has 1 saturated carbocycles. The van der Waals surface area contributed by atoms with Crippen LogP contribution in [-0.4, -0.2) is 23.3 Å². The number of nitrogens with one attached hydrogen (secondary N) is 1. The van der Waals surface area contributed by atoms with Crippen molar-refractivity contribution in [3.63, 3.8) is 0 Å². The fourth-order valence-electron chi connectivity index (χ4n) is 4.16. The third kappa shape index (κ3) is 3.10. The van der Waals surface area contributed by atoms with Gasteiger partial charge in [0.25, 0.3) is 11.8 Å². The Morgan fingerprint density at radius 1 is 1.07 bits per heavy atom. The third-order valence-corrected chi connectivity index (χ3v) is 5.74. The minimum atomic E-state index is -0.525. The summed E-state index contributed by atoms with van der Waals surface area (Å²) in [5.74, 6) is -1.09. The normalized spacial score (nSPS) is 24.2. The Labute approximate surface area is 163 Å². The van der Waals surface area contributed by atoms with Crippen LogP contribution in [0.15, 0.2) is 48.5 Å². The van der Waals surface area contributed by atoms with E-state index >= 15 is 0 Å². The van der Waals surface area contributed by atoms with E-state index in [0.29, 0.717) is 22.5 Å². The highest BCUT2D eigenvalue weighted by Crippen LogP contribution is 2.33. The largest absolute Gasteiger partial charge is 0.326 e. The summed E-state index contributed by atoms with van der Waals surface area (Å²) in [5, 5.41) is 2.91. The van der Waals surface area contributed by atoms with E-state index in [0.717, 1.165) is 30.6 Å². The quantitative estimate of drug-likeness (QED) is 0.803. The van der Waals surface area contributed by atoms with Crippen molar-refractivity contribution >= 4 is 29.1 Å². The summed E-state index contributed by atoms with van der Waals surface area (Å²) >= 11 is 0. The molecule has 6 nitrogen and oxygen atoms in total. The lowest BCUT2D eigenvalue weighted by molar-refractivity contribution is -0.122. The Morgan fingerprint density at radius 2 is 1.75 bits per heavy atom. The summed E-state index contributed by atoms with van der Waals surface area (Å²) in [6, 6.07) is 13.6. The second-order valence-corrected chi connectivity index (χ2v) is 7.84. The van der Waals surface area contributed by atoms with Gasteiger partial charge in [-0.25, -0.2) is 4.90 Å². The highest BCUT2D eigenvalue weighted by Gasteiger charge is 2.38. The molecular weight excluding hydrogens is 354 g/mol. The van der Waals surface area contributed by atoms with Gasteiger partial charge in [0.1, 0.15) is 0 Å². The summed E-state index contributed by atoms with van der Waals surface area (Å²) in [6.07, 6.45) is 3.60. The molecule has 144 valence electrons. The molecule has 2 aromatic carbocycles. The average molecular weight is 377 g/mol. The van der Waals surface area contributed by atoms with Gasteiger partial charge in [0.15, 0.2) is 0 Å². The van der Waals surface area contributed by atoms with Crippen LogP contribution in [0, 0.1) is 5.92 Å². The first-order valence-electron chi connectivity index (χ1n) is 9.56. The van der Waals surface area contributed by atoms with E-state index in [-0.39, 0.29) is 23.6 Å². The number of fused-ring (bicyclic) bond motifs is 1. The first kappa shape index (κ1) is 18.4. The molecule has 0 aromatic heterocycles. The molecule has 1 fully saturated rings. The molecule has 2 aliphatic rings. The van der Waals surface area contributed by atoms with Gasteiger partial charge in [-0.1, -0.05) is 31.0 Å². The van der Waals surface area contributed by atoms with Crippen LogP contribution in [0.4, 0.5) is 11.4 Å². The lowest BCUT2D eigenvalue weighted by atomic mass is 9.74. The van der Waals surface area contributed by atoms with Gasteiger partial charge in [-0.2, -0.15) is 0 Å². The molecular formula is C22H23N3O3. The number of anilines is 2. The summed E-state index contributed by atoms with van der Waals surface area (Å²) in [7, 11) is 0. The predicted octanol–water partition coefficient (Wildman–Crippen LogP) is 3.33. The molecule has 3 N–H and O–H groups in total. The molecule has 1 aliphatic heterocycles. The third-order valence-electron chi connectivity index (χ3n) is 5.74. The Bertz CT molecular complexity index is 932. The lowest BCUT2D eigenvalue weighted by Gasteiger charge is -2.37. The first-order chi connectivity index (χ1) is 13.4. The number of carbonyl (C=O) groups excluding carboxylic acids is 3. The zero-order valence-corrected chi connectivity index (χ0v) is 15.8. The van der Waals surface area contributed by atoms with Gasteiger partial charge in [-0.3, -0.25) is 14.4 Å². The van der Waals surface area contributed by atoms with Gasteiger partial charge in [-0.05, 0) is 50.1 Å². The minimum Gasteiger partial charge on any atom is -0.326 e. The number of amides is 3. The first-order valence-corrected chi connectivity index (χ1v) is 9.56. The molecule has 1 aliphatic carbocycles. The molecule has 2 atom stereocenters. The van der Waals surface area contributed by atoms with Crippen LogP contribution >= 0.6 is 0 Å². The lowest BCUT2D eigenvalue weighted by Crippen LogP contribution is -2.51. The van der Waals surface area contributed by atoms with Crippen molar-refractivity contribution in [1.82, 2.24) is 0 Å². The van der Waals surface area contributed by atoms with Crippen molar-refractivity contribution in [3.8, 4) is 0 Å². The van der Waals surface area contributed by atoms with Gasteiger partial charge >= 0.3 is 0 Å². The molecule has 4 rings (SSSR count). The van der Waals surface area contributed by atoms with Crippen LogP contribution in [-0.2, 0) is 4.79 Å². The molecule has 6 heteroatoms. The maximum Gasteiger partial charge on any atom is 0.266 e. The van der Waals surface area contributed by atoms with Crippen LogP contribution in [0.25, 0.3) is 0 Å². The second kappa shape index (κ2) is 6.87. The maximum absolute atomic E-state index is 12.8. The topological polar surface area (TPSA) is 92.5 Å². The second-order valence-electron chi connectivity index (χ2n) is 7.84. The Morgan fingerprint density at radius 3 is 2.39 bits per heavy atom. The maximum atomic E-state index is 12.8. The van der Waals surface area contributed by atoms with Crippen LogP contribution in [0.3, 0.4) is 0 Å². The van der Waals surface area contributed by atoms with E-state index in [1.54, 1.807) is 48.5 Å². The highest BCUT2D eigenvalue weighted by atomic mass is 16.2. The van der Waals surface area contributed by atoms with Crippen molar-refractivity contribution in [3.05, 3.63) is 59.7 Å². The van der Waals surface area contributed by atoms with Crippen molar-refractivity contribution in [1.29, 1.82) is 0 Å². The number of nitrogens with two attached hydrogens (primary N) is 1. The molecule has 0 radical (unpaired) electrons. The number of hydrogen-bond acceptors (Lipinski definition) is 4. The molecule has 3 amide bonds. The van der Waals surface area contributed by atoms with E-state index in [2.05, 4.69) is 5.32 Å². The number of imide groups is 1. The van der Waals surface area contributed by atoms with Crippen LogP contribution in [0.1, 0.15) is 53.3 Å². The standard InChI is InChI=1S/C22H23N3O3/c1-22(23)12-5-4-11-18(22)19(26)24-14-7-6-8-15(13-14)25-20(27)16-9-2-3-10-17(16)21(25)28/h2-3,6-10,13,18H,4-5,11-12,23H2,1H3,(H,24,26). The number of hydrogen-bond donors (Lipinski definition) is 2. The SMILES string of the molecule is CC1(N)CCCCC1C(=O)Nc1cccc(N2C(=O)c3ccccc3C2=O)c1. The number of benzene rings is 2. The Balaban J connectivity index is 1.57. The van der Waals surface area contributed by atoms with Crippen molar-refractivity contribution in [2.24, 2.45) is 11.7 Å². The van der Waals surface area contributed by atoms with E-state index in [1.165, 1.54) is 0 Å². The molecule has 0 bridgehead atoms. The van der Waals surface area contributed by atoms with Gasteiger partial charge in [0, 0.05) is 11.2 Å². The van der Waals surface area contributed by atoms with E-state index in [1.807, 2.05) is 6.92 Å². The van der Waals surface area contributed by atoms with Gasteiger partial charge < -0.3 is 11.1 Å².